The summed E-state index contributed by atoms with van der Waals surface area (Å²) in [7, 11) is 0. The third-order valence-electron chi connectivity index (χ3n) is 1.93. The first-order valence-electron chi connectivity index (χ1n) is 4.35. The van der Waals surface area contributed by atoms with Crippen molar-refractivity contribution in [2.75, 3.05) is 0 Å². The number of rotatable bonds is 3. The minimum atomic E-state index is -0.290. The van der Waals surface area contributed by atoms with E-state index in [2.05, 4.69) is 29.2 Å². The lowest BCUT2D eigenvalue weighted by atomic mass is 10.0. The fourth-order valence-corrected chi connectivity index (χ4v) is 1.80. The standard InChI is InChI=1S/C11H13FIN/c1-7(2)5-11(14)9-6-8(13)3-4-10(9)12/h3-4,6,11H,1,5,14H2,2H3/t11-/m1/s1. The number of halogens is 2. The summed E-state index contributed by atoms with van der Waals surface area (Å²) in [5.74, 6) is -0.237. The Kier molecular flexibility index (Phi) is 4.07. The highest BCUT2D eigenvalue weighted by molar-refractivity contribution is 14.1. The third-order valence-corrected chi connectivity index (χ3v) is 2.60. The van der Waals surface area contributed by atoms with E-state index in [1.807, 2.05) is 6.92 Å². The van der Waals surface area contributed by atoms with Gasteiger partial charge < -0.3 is 5.73 Å². The fourth-order valence-electron chi connectivity index (χ4n) is 1.28. The van der Waals surface area contributed by atoms with E-state index in [0.29, 0.717) is 12.0 Å². The maximum atomic E-state index is 13.4. The van der Waals surface area contributed by atoms with Gasteiger partial charge in [-0.05, 0) is 54.1 Å². The lowest BCUT2D eigenvalue weighted by Gasteiger charge is -2.13. The van der Waals surface area contributed by atoms with Gasteiger partial charge in [-0.25, -0.2) is 4.39 Å². The zero-order chi connectivity index (χ0) is 10.7. The zero-order valence-corrected chi connectivity index (χ0v) is 10.2. The highest BCUT2D eigenvalue weighted by Gasteiger charge is 2.11. The molecule has 1 rings (SSSR count). The van der Waals surface area contributed by atoms with Gasteiger partial charge >= 0.3 is 0 Å². The average molecular weight is 305 g/mol. The van der Waals surface area contributed by atoms with Crippen molar-refractivity contribution >= 4 is 22.6 Å². The number of hydrogen-bond donors (Lipinski definition) is 1. The van der Waals surface area contributed by atoms with Crippen molar-refractivity contribution in [1.29, 1.82) is 0 Å². The van der Waals surface area contributed by atoms with Crippen molar-refractivity contribution in [3.8, 4) is 0 Å². The molecule has 0 amide bonds. The molecule has 0 fully saturated rings. The Morgan fingerprint density at radius 3 is 2.86 bits per heavy atom. The molecule has 1 nitrogen and oxygen atoms in total. The van der Waals surface area contributed by atoms with Gasteiger partial charge in [-0.3, -0.25) is 0 Å². The van der Waals surface area contributed by atoms with Crippen molar-refractivity contribution in [1.82, 2.24) is 0 Å². The van der Waals surface area contributed by atoms with Gasteiger partial charge in [0.1, 0.15) is 5.82 Å². The molecule has 0 heterocycles. The molecule has 0 spiro atoms. The van der Waals surface area contributed by atoms with Crippen LogP contribution < -0.4 is 5.73 Å². The Hall–Kier alpha value is -0.420. The number of hydrogen-bond acceptors (Lipinski definition) is 1. The second kappa shape index (κ2) is 4.89. The summed E-state index contributed by atoms with van der Waals surface area (Å²) in [6.07, 6.45) is 0.622. The van der Waals surface area contributed by atoms with Crippen LogP contribution in [0, 0.1) is 9.39 Å². The Labute approximate surface area is 97.3 Å². The molecule has 1 aromatic carbocycles. The quantitative estimate of drug-likeness (QED) is 0.672. The van der Waals surface area contributed by atoms with Gasteiger partial charge in [0.05, 0.1) is 0 Å². The first-order chi connectivity index (χ1) is 6.50. The summed E-state index contributed by atoms with van der Waals surface area (Å²) < 4.78 is 14.4. The largest absolute Gasteiger partial charge is 0.324 e. The van der Waals surface area contributed by atoms with Crippen LogP contribution in [0.1, 0.15) is 24.9 Å². The molecule has 76 valence electrons. The lowest BCUT2D eigenvalue weighted by Crippen LogP contribution is -2.12. The summed E-state index contributed by atoms with van der Waals surface area (Å²) in [5, 5.41) is 0. The summed E-state index contributed by atoms with van der Waals surface area (Å²) in [6, 6.07) is 4.67. The molecule has 14 heavy (non-hydrogen) atoms. The Morgan fingerprint density at radius 1 is 1.64 bits per heavy atom. The van der Waals surface area contributed by atoms with Gasteiger partial charge in [0.25, 0.3) is 0 Å². The molecule has 0 unspecified atom stereocenters. The second-order valence-electron chi connectivity index (χ2n) is 3.43. The fraction of sp³-hybridized carbons (Fsp3) is 0.273. The maximum Gasteiger partial charge on any atom is 0.128 e. The average Bonchev–Trinajstić information content (AvgIpc) is 2.08. The topological polar surface area (TPSA) is 26.0 Å². The zero-order valence-electron chi connectivity index (χ0n) is 8.06. The normalized spacial score (nSPS) is 12.6. The predicted molar refractivity (Wildman–Crippen MR) is 65.5 cm³/mol. The smallest absolute Gasteiger partial charge is 0.128 e. The highest BCUT2D eigenvalue weighted by atomic mass is 127. The van der Waals surface area contributed by atoms with E-state index in [0.717, 1.165) is 9.14 Å². The van der Waals surface area contributed by atoms with Crippen LogP contribution in [-0.4, -0.2) is 0 Å². The van der Waals surface area contributed by atoms with Crippen LogP contribution in [0.5, 0.6) is 0 Å². The van der Waals surface area contributed by atoms with Gasteiger partial charge in [0.2, 0.25) is 0 Å². The summed E-state index contributed by atoms with van der Waals surface area (Å²) >= 11 is 2.14. The Bertz CT molecular complexity index is 349. The van der Waals surface area contributed by atoms with Gasteiger partial charge in [0.15, 0.2) is 0 Å². The predicted octanol–water partition coefficient (Wildman–Crippen LogP) is 3.40. The number of benzene rings is 1. The molecule has 0 aliphatic rings. The van der Waals surface area contributed by atoms with Crippen molar-refractivity contribution in [2.45, 2.75) is 19.4 Å². The minimum Gasteiger partial charge on any atom is -0.324 e. The van der Waals surface area contributed by atoms with Crippen LogP contribution in [-0.2, 0) is 0 Å². The molecule has 3 heteroatoms. The first-order valence-corrected chi connectivity index (χ1v) is 5.43. The van der Waals surface area contributed by atoms with E-state index in [9.17, 15) is 4.39 Å². The Balaban J connectivity index is 2.93. The molecule has 1 aromatic rings. The number of nitrogens with two attached hydrogens (primary N) is 1. The van der Waals surface area contributed by atoms with Gasteiger partial charge in [-0.2, -0.15) is 0 Å². The van der Waals surface area contributed by atoms with E-state index < -0.39 is 0 Å². The van der Waals surface area contributed by atoms with Crippen LogP contribution in [0.25, 0.3) is 0 Å². The van der Waals surface area contributed by atoms with Crippen LogP contribution in [0.4, 0.5) is 4.39 Å². The van der Waals surface area contributed by atoms with E-state index in [1.165, 1.54) is 6.07 Å². The van der Waals surface area contributed by atoms with Crippen LogP contribution in [0.2, 0.25) is 0 Å². The van der Waals surface area contributed by atoms with E-state index in [-0.39, 0.29) is 11.9 Å². The van der Waals surface area contributed by atoms with Crippen LogP contribution >= 0.6 is 22.6 Å². The van der Waals surface area contributed by atoms with Gasteiger partial charge in [-0.15, -0.1) is 6.58 Å². The van der Waals surface area contributed by atoms with Crippen LogP contribution in [0.3, 0.4) is 0 Å². The lowest BCUT2D eigenvalue weighted by molar-refractivity contribution is 0.579. The summed E-state index contributed by atoms with van der Waals surface area (Å²) in [6.45, 7) is 5.66. The molecule has 0 radical (unpaired) electrons. The summed E-state index contributed by atoms with van der Waals surface area (Å²) in [4.78, 5) is 0. The van der Waals surface area contributed by atoms with E-state index >= 15 is 0 Å². The van der Waals surface area contributed by atoms with Crippen molar-refractivity contribution in [2.24, 2.45) is 5.73 Å². The third kappa shape index (κ3) is 3.06. The SMILES string of the molecule is C=C(C)C[C@@H](N)c1cc(I)ccc1F. The minimum absolute atomic E-state index is 0.237. The van der Waals surface area contributed by atoms with E-state index in [4.69, 9.17) is 5.73 Å². The molecule has 1 atom stereocenters. The molecule has 0 aliphatic heterocycles. The van der Waals surface area contributed by atoms with Gasteiger partial charge in [-0.1, -0.05) is 5.57 Å². The monoisotopic (exact) mass is 305 g/mol. The molecular formula is C11H13FIN. The molecule has 0 saturated heterocycles. The van der Waals surface area contributed by atoms with Crippen molar-refractivity contribution in [3.63, 3.8) is 0 Å². The summed E-state index contributed by atoms with van der Waals surface area (Å²) in [5.41, 5.74) is 7.40. The molecule has 0 aromatic heterocycles. The second-order valence-corrected chi connectivity index (χ2v) is 4.68. The van der Waals surface area contributed by atoms with Gasteiger partial charge in [0, 0.05) is 15.2 Å². The van der Waals surface area contributed by atoms with Crippen molar-refractivity contribution in [3.05, 3.63) is 45.3 Å². The molecule has 0 bridgehead atoms. The molecule has 2 N–H and O–H groups in total. The molecular weight excluding hydrogens is 292 g/mol. The highest BCUT2D eigenvalue weighted by Crippen LogP contribution is 2.22. The van der Waals surface area contributed by atoms with Crippen molar-refractivity contribution < 1.29 is 4.39 Å². The van der Waals surface area contributed by atoms with Crippen LogP contribution in [0.15, 0.2) is 30.4 Å². The first kappa shape index (κ1) is 11.7. The van der Waals surface area contributed by atoms with E-state index in [1.54, 1.807) is 12.1 Å². The maximum absolute atomic E-state index is 13.4. The molecule has 0 saturated carbocycles. The molecule has 0 aliphatic carbocycles. The Morgan fingerprint density at radius 2 is 2.29 bits per heavy atom.